The van der Waals surface area contributed by atoms with Crippen molar-refractivity contribution in [2.45, 2.75) is 45.7 Å². The van der Waals surface area contributed by atoms with Crippen molar-refractivity contribution in [3.05, 3.63) is 71.3 Å². The Morgan fingerprint density at radius 3 is 2.30 bits per heavy atom. The molecule has 1 N–H and O–H groups in total. The molecular weight excluding hydrogens is 242 g/mol. The molecular formula is C19H25N. The van der Waals surface area contributed by atoms with E-state index in [9.17, 15) is 0 Å². The normalized spacial score (nSPS) is 13.9. The monoisotopic (exact) mass is 267 g/mol. The van der Waals surface area contributed by atoms with Gasteiger partial charge in [-0.15, -0.1) is 0 Å². The Hall–Kier alpha value is -1.60. The zero-order chi connectivity index (χ0) is 14.4. The second kappa shape index (κ2) is 7.25. The molecule has 1 heteroatoms. The van der Waals surface area contributed by atoms with Crippen LogP contribution < -0.4 is 5.32 Å². The third kappa shape index (κ3) is 3.94. The molecule has 0 saturated carbocycles. The van der Waals surface area contributed by atoms with Crippen LogP contribution in [0, 0.1) is 6.92 Å². The van der Waals surface area contributed by atoms with Gasteiger partial charge in [-0.1, -0.05) is 73.5 Å². The van der Waals surface area contributed by atoms with Gasteiger partial charge in [0.1, 0.15) is 0 Å². The van der Waals surface area contributed by atoms with E-state index in [0.29, 0.717) is 12.1 Å². The highest BCUT2D eigenvalue weighted by Gasteiger charge is 2.14. The molecule has 2 aromatic rings. The Morgan fingerprint density at radius 2 is 1.65 bits per heavy atom. The van der Waals surface area contributed by atoms with Crippen LogP contribution in [0.2, 0.25) is 0 Å². The van der Waals surface area contributed by atoms with E-state index in [1.54, 1.807) is 0 Å². The average Bonchev–Trinajstić information content (AvgIpc) is 2.47. The Kier molecular flexibility index (Phi) is 5.37. The van der Waals surface area contributed by atoms with Gasteiger partial charge < -0.3 is 5.32 Å². The summed E-state index contributed by atoms with van der Waals surface area (Å²) in [4.78, 5) is 0. The molecule has 0 saturated heterocycles. The number of hydrogen-bond donors (Lipinski definition) is 1. The van der Waals surface area contributed by atoms with Gasteiger partial charge in [-0.05, 0) is 31.4 Å². The smallest absolute Gasteiger partial charge is 0.0325 e. The van der Waals surface area contributed by atoms with Gasteiger partial charge in [-0.2, -0.15) is 0 Å². The predicted octanol–water partition coefficient (Wildman–Crippen LogP) is 5.19. The minimum Gasteiger partial charge on any atom is -0.303 e. The van der Waals surface area contributed by atoms with Gasteiger partial charge in [-0.3, -0.25) is 0 Å². The summed E-state index contributed by atoms with van der Waals surface area (Å²) in [6.45, 7) is 6.65. The highest BCUT2D eigenvalue weighted by Crippen LogP contribution is 2.23. The maximum Gasteiger partial charge on any atom is 0.0325 e. The van der Waals surface area contributed by atoms with Gasteiger partial charge >= 0.3 is 0 Å². The molecule has 0 amide bonds. The van der Waals surface area contributed by atoms with Crippen LogP contribution in [0.3, 0.4) is 0 Å². The number of aryl methyl sites for hydroxylation is 1. The standard InChI is InChI=1S/C19H25N/c1-4-9-19(17-11-6-5-7-12-17)20-16(3)18-13-8-10-15(2)14-18/h5-8,10-14,16,19-20H,4,9H2,1-3H3. The summed E-state index contributed by atoms with van der Waals surface area (Å²) < 4.78 is 0. The van der Waals surface area contributed by atoms with Crippen LogP contribution in [0.15, 0.2) is 54.6 Å². The van der Waals surface area contributed by atoms with Gasteiger partial charge in [0.25, 0.3) is 0 Å². The van der Waals surface area contributed by atoms with Gasteiger partial charge in [0.15, 0.2) is 0 Å². The van der Waals surface area contributed by atoms with Crippen molar-refractivity contribution in [1.82, 2.24) is 5.32 Å². The lowest BCUT2D eigenvalue weighted by Gasteiger charge is -2.24. The molecule has 0 aliphatic rings. The van der Waals surface area contributed by atoms with Gasteiger partial charge in [0, 0.05) is 12.1 Å². The molecule has 0 aromatic heterocycles. The van der Waals surface area contributed by atoms with Crippen LogP contribution in [0.25, 0.3) is 0 Å². The van der Waals surface area contributed by atoms with Crippen LogP contribution >= 0.6 is 0 Å². The quantitative estimate of drug-likeness (QED) is 0.759. The van der Waals surface area contributed by atoms with E-state index in [2.05, 4.69) is 80.7 Å². The second-order valence-corrected chi connectivity index (χ2v) is 5.55. The van der Waals surface area contributed by atoms with E-state index >= 15 is 0 Å². The molecule has 0 aliphatic heterocycles. The van der Waals surface area contributed by atoms with E-state index in [1.807, 2.05) is 0 Å². The molecule has 2 atom stereocenters. The Labute approximate surface area is 123 Å². The molecule has 0 bridgehead atoms. The fourth-order valence-corrected chi connectivity index (χ4v) is 2.66. The van der Waals surface area contributed by atoms with E-state index in [-0.39, 0.29) is 0 Å². The molecule has 2 aromatic carbocycles. The van der Waals surface area contributed by atoms with Crippen LogP contribution in [0.4, 0.5) is 0 Å². The maximum atomic E-state index is 3.78. The van der Waals surface area contributed by atoms with E-state index < -0.39 is 0 Å². The summed E-state index contributed by atoms with van der Waals surface area (Å²) in [5.41, 5.74) is 4.07. The molecule has 2 rings (SSSR count). The lowest BCUT2D eigenvalue weighted by molar-refractivity contribution is 0.439. The van der Waals surface area contributed by atoms with Gasteiger partial charge in [0.05, 0.1) is 0 Å². The largest absolute Gasteiger partial charge is 0.303 e. The Bertz CT molecular complexity index is 518. The first-order valence-corrected chi connectivity index (χ1v) is 7.58. The summed E-state index contributed by atoms with van der Waals surface area (Å²) >= 11 is 0. The molecule has 20 heavy (non-hydrogen) atoms. The van der Waals surface area contributed by atoms with Crippen molar-refractivity contribution in [2.24, 2.45) is 0 Å². The number of rotatable bonds is 6. The first kappa shape index (κ1) is 14.8. The fourth-order valence-electron chi connectivity index (χ4n) is 2.66. The van der Waals surface area contributed by atoms with Crippen LogP contribution in [0.1, 0.15) is 55.5 Å². The topological polar surface area (TPSA) is 12.0 Å². The molecule has 0 fully saturated rings. The molecule has 1 nitrogen and oxygen atoms in total. The molecule has 0 spiro atoms. The number of nitrogens with one attached hydrogen (secondary N) is 1. The SMILES string of the molecule is CCCC(NC(C)c1cccc(C)c1)c1ccccc1. The van der Waals surface area contributed by atoms with Crippen molar-refractivity contribution in [3.63, 3.8) is 0 Å². The summed E-state index contributed by atoms with van der Waals surface area (Å²) in [6, 6.07) is 20.3. The first-order chi connectivity index (χ1) is 9.70. The van der Waals surface area contributed by atoms with Gasteiger partial charge in [0.2, 0.25) is 0 Å². The third-order valence-corrected chi connectivity index (χ3v) is 3.77. The Morgan fingerprint density at radius 1 is 0.950 bits per heavy atom. The summed E-state index contributed by atoms with van der Waals surface area (Å²) in [7, 11) is 0. The summed E-state index contributed by atoms with van der Waals surface area (Å²) in [5, 5.41) is 3.78. The zero-order valence-electron chi connectivity index (χ0n) is 12.8. The lowest BCUT2D eigenvalue weighted by Crippen LogP contribution is -2.24. The molecule has 0 heterocycles. The zero-order valence-corrected chi connectivity index (χ0v) is 12.8. The van der Waals surface area contributed by atoms with E-state index in [4.69, 9.17) is 0 Å². The Balaban J connectivity index is 2.12. The summed E-state index contributed by atoms with van der Waals surface area (Å²) in [6.07, 6.45) is 2.35. The van der Waals surface area contributed by atoms with Crippen molar-refractivity contribution < 1.29 is 0 Å². The van der Waals surface area contributed by atoms with E-state index in [1.165, 1.54) is 29.5 Å². The van der Waals surface area contributed by atoms with Crippen molar-refractivity contribution in [3.8, 4) is 0 Å². The third-order valence-electron chi connectivity index (χ3n) is 3.77. The molecule has 106 valence electrons. The fraction of sp³-hybridized carbons (Fsp3) is 0.368. The van der Waals surface area contributed by atoms with E-state index in [0.717, 1.165) is 0 Å². The maximum absolute atomic E-state index is 3.78. The van der Waals surface area contributed by atoms with Crippen LogP contribution in [-0.2, 0) is 0 Å². The highest BCUT2D eigenvalue weighted by molar-refractivity contribution is 5.26. The average molecular weight is 267 g/mol. The predicted molar refractivity (Wildman–Crippen MR) is 86.8 cm³/mol. The molecule has 0 radical (unpaired) electrons. The first-order valence-electron chi connectivity index (χ1n) is 7.58. The summed E-state index contributed by atoms with van der Waals surface area (Å²) in [5.74, 6) is 0. The van der Waals surface area contributed by atoms with Crippen LogP contribution in [0.5, 0.6) is 0 Å². The van der Waals surface area contributed by atoms with Crippen molar-refractivity contribution in [1.29, 1.82) is 0 Å². The second-order valence-electron chi connectivity index (χ2n) is 5.55. The number of benzene rings is 2. The minimum atomic E-state index is 0.367. The van der Waals surface area contributed by atoms with Crippen LogP contribution in [-0.4, -0.2) is 0 Å². The minimum absolute atomic E-state index is 0.367. The molecule has 2 unspecified atom stereocenters. The number of hydrogen-bond acceptors (Lipinski definition) is 1. The highest BCUT2D eigenvalue weighted by atomic mass is 14.9. The van der Waals surface area contributed by atoms with Crippen molar-refractivity contribution in [2.75, 3.05) is 0 Å². The van der Waals surface area contributed by atoms with Crippen molar-refractivity contribution >= 4 is 0 Å². The molecule has 0 aliphatic carbocycles. The van der Waals surface area contributed by atoms with Gasteiger partial charge in [-0.25, -0.2) is 0 Å². The lowest BCUT2D eigenvalue weighted by atomic mass is 9.99.